The van der Waals surface area contributed by atoms with E-state index in [1.165, 1.54) is 31.5 Å². The molecule has 0 bridgehead atoms. The Morgan fingerprint density at radius 3 is 2.50 bits per heavy atom. The fourth-order valence-corrected chi connectivity index (χ4v) is 4.01. The van der Waals surface area contributed by atoms with Crippen LogP contribution in [0, 0.1) is 0 Å². The van der Waals surface area contributed by atoms with Crippen molar-refractivity contribution in [3.05, 3.63) is 71.3 Å². The number of benzene rings is 2. The van der Waals surface area contributed by atoms with E-state index in [2.05, 4.69) is 42.7 Å². The average molecular weight is 363 g/mol. The first-order valence-electron chi connectivity index (χ1n) is 9.23. The topological polar surface area (TPSA) is 16.1 Å². The monoisotopic (exact) mass is 362 g/mol. The Morgan fingerprint density at radius 1 is 1.08 bits per heavy atom. The Morgan fingerprint density at radius 2 is 1.81 bits per heavy atom. The molecule has 3 aromatic rings. The first-order valence-corrected chi connectivity index (χ1v) is 9.60. The summed E-state index contributed by atoms with van der Waals surface area (Å²) in [5.41, 5.74) is 5.31. The minimum atomic E-state index is 0.467. The summed E-state index contributed by atoms with van der Waals surface area (Å²) in [4.78, 5) is 7.38. The summed E-state index contributed by atoms with van der Waals surface area (Å²) in [6.45, 7) is 8.54. The predicted molar refractivity (Wildman–Crippen MR) is 112 cm³/mol. The molecule has 0 saturated carbocycles. The van der Waals surface area contributed by atoms with Crippen molar-refractivity contribution in [2.24, 2.45) is 0 Å². The van der Waals surface area contributed by atoms with Gasteiger partial charge in [0.25, 0.3) is 0 Å². The molecule has 4 rings (SSSR count). The fraction of sp³-hybridized carbons (Fsp3) is 0.261. The van der Waals surface area contributed by atoms with Crippen LogP contribution < -0.4 is 0 Å². The van der Waals surface area contributed by atoms with Gasteiger partial charge in [-0.05, 0) is 56.1 Å². The molecule has 0 N–H and O–H groups in total. The van der Waals surface area contributed by atoms with Gasteiger partial charge in [0.05, 0.1) is 16.2 Å². The van der Waals surface area contributed by atoms with E-state index >= 15 is 0 Å². The number of fused-ring (bicyclic) bond motifs is 1. The van der Waals surface area contributed by atoms with Crippen molar-refractivity contribution < 1.29 is 0 Å². The van der Waals surface area contributed by atoms with E-state index in [0.29, 0.717) is 6.04 Å². The first kappa shape index (κ1) is 17.3. The van der Waals surface area contributed by atoms with Gasteiger partial charge in [0.15, 0.2) is 0 Å². The SMILES string of the molecule is C=Cc1ccc2c(Cl)cc(-c3ccc(C(C)N4CCCC4)cc3)nc2c1. The number of likely N-dealkylation sites (tertiary alicyclic amines) is 1. The zero-order valence-corrected chi connectivity index (χ0v) is 15.8. The lowest BCUT2D eigenvalue weighted by Crippen LogP contribution is -2.23. The van der Waals surface area contributed by atoms with Gasteiger partial charge in [0.1, 0.15) is 0 Å². The molecular formula is C23H23ClN2. The Hall–Kier alpha value is -2.16. The van der Waals surface area contributed by atoms with E-state index in [4.69, 9.17) is 16.6 Å². The summed E-state index contributed by atoms with van der Waals surface area (Å²) >= 11 is 6.50. The van der Waals surface area contributed by atoms with Crippen LogP contribution in [0.3, 0.4) is 0 Å². The van der Waals surface area contributed by atoms with Crippen LogP contribution in [0.25, 0.3) is 28.2 Å². The van der Waals surface area contributed by atoms with Crippen molar-refractivity contribution >= 4 is 28.6 Å². The van der Waals surface area contributed by atoms with Gasteiger partial charge in [-0.3, -0.25) is 4.90 Å². The zero-order chi connectivity index (χ0) is 18.1. The molecular weight excluding hydrogens is 340 g/mol. The fourth-order valence-electron chi connectivity index (χ4n) is 3.75. The lowest BCUT2D eigenvalue weighted by atomic mass is 10.0. The molecule has 1 saturated heterocycles. The molecule has 1 fully saturated rings. The predicted octanol–water partition coefficient (Wildman–Crippen LogP) is 6.36. The maximum Gasteiger partial charge on any atom is 0.0730 e. The average Bonchev–Trinajstić information content (AvgIpc) is 3.22. The molecule has 1 aliphatic heterocycles. The second-order valence-corrected chi connectivity index (χ2v) is 7.42. The molecule has 132 valence electrons. The van der Waals surface area contributed by atoms with E-state index in [9.17, 15) is 0 Å². The van der Waals surface area contributed by atoms with Gasteiger partial charge in [-0.2, -0.15) is 0 Å². The lowest BCUT2D eigenvalue weighted by Gasteiger charge is -2.24. The minimum absolute atomic E-state index is 0.467. The lowest BCUT2D eigenvalue weighted by molar-refractivity contribution is 0.263. The van der Waals surface area contributed by atoms with Gasteiger partial charge in [-0.15, -0.1) is 0 Å². The van der Waals surface area contributed by atoms with Crippen molar-refractivity contribution in [2.45, 2.75) is 25.8 Å². The van der Waals surface area contributed by atoms with Crippen LogP contribution in [0.4, 0.5) is 0 Å². The third kappa shape index (κ3) is 3.27. The Kier molecular flexibility index (Phi) is 4.80. The zero-order valence-electron chi connectivity index (χ0n) is 15.1. The Bertz CT molecular complexity index is 940. The standard InChI is InChI=1S/C23H23ClN2/c1-3-17-6-11-20-21(24)15-22(25-23(20)14-17)19-9-7-18(8-10-19)16(2)26-12-4-5-13-26/h3,6-11,14-16H,1,4-5,12-13H2,2H3. The number of rotatable bonds is 4. The second kappa shape index (κ2) is 7.22. The van der Waals surface area contributed by atoms with Crippen molar-refractivity contribution in [1.82, 2.24) is 9.88 Å². The van der Waals surface area contributed by atoms with Gasteiger partial charge in [0.2, 0.25) is 0 Å². The van der Waals surface area contributed by atoms with E-state index in [-0.39, 0.29) is 0 Å². The normalized spacial score (nSPS) is 16.1. The van der Waals surface area contributed by atoms with Crippen molar-refractivity contribution in [3.8, 4) is 11.3 Å². The molecule has 1 atom stereocenters. The number of hydrogen-bond donors (Lipinski definition) is 0. The van der Waals surface area contributed by atoms with E-state index in [0.717, 1.165) is 32.7 Å². The van der Waals surface area contributed by atoms with Crippen LogP contribution in [0.15, 0.2) is 55.1 Å². The quantitative estimate of drug-likeness (QED) is 0.537. The van der Waals surface area contributed by atoms with Gasteiger partial charge in [-0.1, -0.05) is 60.7 Å². The van der Waals surface area contributed by atoms with Gasteiger partial charge in [0, 0.05) is 17.0 Å². The second-order valence-electron chi connectivity index (χ2n) is 7.01. The van der Waals surface area contributed by atoms with Crippen molar-refractivity contribution in [3.63, 3.8) is 0 Å². The largest absolute Gasteiger partial charge is 0.297 e. The molecule has 1 unspecified atom stereocenters. The number of nitrogens with zero attached hydrogens (tertiary/aromatic N) is 2. The first-order chi connectivity index (χ1) is 12.7. The Balaban J connectivity index is 1.67. The van der Waals surface area contributed by atoms with E-state index in [1.54, 1.807) is 0 Å². The smallest absolute Gasteiger partial charge is 0.0730 e. The maximum absolute atomic E-state index is 6.50. The summed E-state index contributed by atoms with van der Waals surface area (Å²) in [5, 5.41) is 1.70. The van der Waals surface area contributed by atoms with E-state index in [1.807, 2.05) is 30.3 Å². The number of pyridine rings is 1. The van der Waals surface area contributed by atoms with Crippen molar-refractivity contribution in [1.29, 1.82) is 0 Å². The molecule has 1 aromatic heterocycles. The molecule has 26 heavy (non-hydrogen) atoms. The Labute approximate surface area is 160 Å². The van der Waals surface area contributed by atoms with E-state index < -0.39 is 0 Å². The van der Waals surface area contributed by atoms with Gasteiger partial charge >= 0.3 is 0 Å². The molecule has 2 heterocycles. The van der Waals surface area contributed by atoms with Crippen LogP contribution in [0.2, 0.25) is 5.02 Å². The van der Waals surface area contributed by atoms with Crippen molar-refractivity contribution in [2.75, 3.05) is 13.1 Å². The number of halogens is 1. The summed E-state index contributed by atoms with van der Waals surface area (Å²) in [5.74, 6) is 0. The summed E-state index contributed by atoms with van der Waals surface area (Å²) in [7, 11) is 0. The molecule has 1 aliphatic rings. The maximum atomic E-state index is 6.50. The summed E-state index contributed by atoms with van der Waals surface area (Å²) in [6, 6.07) is 17.2. The highest BCUT2D eigenvalue weighted by Gasteiger charge is 2.19. The highest BCUT2D eigenvalue weighted by Crippen LogP contribution is 2.30. The molecule has 0 spiro atoms. The molecule has 2 aromatic carbocycles. The van der Waals surface area contributed by atoms with Gasteiger partial charge in [-0.25, -0.2) is 4.98 Å². The molecule has 2 nitrogen and oxygen atoms in total. The minimum Gasteiger partial charge on any atom is -0.297 e. The van der Waals surface area contributed by atoms with Crippen LogP contribution in [0.1, 0.15) is 36.9 Å². The van der Waals surface area contributed by atoms with Crippen LogP contribution in [-0.4, -0.2) is 23.0 Å². The highest BCUT2D eigenvalue weighted by atomic mass is 35.5. The third-order valence-electron chi connectivity index (χ3n) is 5.40. The number of aromatic nitrogens is 1. The highest BCUT2D eigenvalue weighted by molar-refractivity contribution is 6.35. The summed E-state index contributed by atoms with van der Waals surface area (Å²) < 4.78 is 0. The molecule has 3 heteroatoms. The van der Waals surface area contributed by atoms with Crippen LogP contribution in [-0.2, 0) is 0 Å². The van der Waals surface area contributed by atoms with Gasteiger partial charge < -0.3 is 0 Å². The number of hydrogen-bond acceptors (Lipinski definition) is 2. The third-order valence-corrected chi connectivity index (χ3v) is 5.71. The van der Waals surface area contributed by atoms with Crippen LogP contribution in [0.5, 0.6) is 0 Å². The molecule has 0 amide bonds. The summed E-state index contributed by atoms with van der Waals surface area (Å²) in [6.07, 6.45) is 4.46. The molecule has 0 aliphatic carbocycles. The van der Waals surface area contributed by atoms with Crippen LogP contribution >= 0.6 is 11.6 Å². The molecule has 0 radical (unpaired) electrons.